The van der Waals surface area contributed by atoms with E-state index in [1.807, 2.05) is 0 Å². The second kappa shape index (κ2) is 8.97. The topological polar surface area (TPSA) is 18.5 Å². The largest absolute Gasteiger partial charge is 0.494 e. The molecule has 1 saturated heterocycles. The summed E-state index contributed by atoms with van der Waals surface area (Å²) in [6.07, 6.45) is 0.931. The van der Waals surface area contributed by atoms with Gasteiger partial charge in [-0.15, -0.1) is 0 Å². The maximum absolute atomic E-state index is 6.47. The number of hydrogen-bond acceptors (Lipinski definition) is 2. The summed E-state index contributed by atoms with van der Waals surface area (Å²) in [4.78, 5) is 0. The first kappa shape index (κ1) is 26.5. The van der Waals surface area contributed by atoms with Crippen molar-refractivity contribution in [3.8, 4) is 11.1 Å². The molecule has 2 nitrogen and oxygen atoms in total. The number of rotatable bonds is 1. The van der Waals surface area contributed by atoms with E-state index >= 15 is 0 Å². The van der Waals surface area contributed by atoms with Crippen LogP contribution in [0.3, 0.4) is 0 Å². The van der Waals surface area contributed by atoms with Gasteiger partial charge in [0.2, 0.25) is 0 Å². The molecule has 46 heavy (non-hydrogen) atoms. The van der Waals surface area contributed by atoms with E-state index < -0.39 is 7.12 Å². The Labute approximate surface area is 268 Å². The number of fused-ring (bicyclic) bond motifs is 16. The zero-order valence-corrected chi connectivity index (χ0v) is 26.6. The molecule has 0 radical (unpaired) electrons. The third-order valence-corrected chi connectivity index (χ3v) is 11.3. The van der Waals surface area contributed by atoms with Crippen molar-refractivity contribution in [2.45, 2.75) is 45.3 Å². The lowest BCUT2D eigenvalue weighted by Gasteiger charge is -2.32. The molecule has 0 bridgehead atoms. The van der Waals surface area contributed by atoms with Crippen LogP contribution < -0.4 is 5.46 Å². The molecule has 8 aromatic carbocycles. The van der Waals surface area contributed by atoms with Crippen molar-refractivity contribution in [3.63, 3.8) is 0 Å². The molecule has 8 aromatic rings. The van der Waals surface area contributed by atoms with Gasteiger partial charge >= 0.3 is 7.12 Å². The standard InChI is InChI=1S/C43H33BO2/c1-42(2)43(3,4)46-44(45-42)27-18-20-33-36-21-26-22-39-32-16-10-7-13-29(32)34-19-17-25-11-5-6-12-28(25)40(34)41(39)35(26)24-38(36)31-15-9-8-14-30(31)37(33)23-27/h5-21,23-24H,22H2,1-4H3. The zero-order valence-electron chi connectivity index (χ0n) is 26.6. The Bertz CT molecular complexity index is 2610. The lowest BCUT2D eigenvalue weighted by atomic mass is 9.77. The fourth-order valence-corrected chi connectivity index (χ4v) is 8.27. The Kier molecular flexibility index (Phi) is 5.17. The summed E-state index contributed by atoms with van der Waals surface area (Å²) >= 11 is 0. The molecule has 0 amide bonds. The van der Waals surface area contributed by atoms with E-state index in [1.54, 1.807) is 0 Å². The van der Waals surface area contributed by atoms with Gasteiger partial charge in [0.05, 0.1) is 11.2 Å². The smallest absolute Gasteiger partial charge is 0.399 e. The van der Waals surface area contributed by atoms with Crippen LogP contribution in [0, 0.1) is 0 Å². The molecule has 1 aliphatic heterocycles. The van der Waals surface area contributed by atoms with Crippen molar-refractivity contribution < 1.29 is 9.31 Å². The average molecular weight is 593 g/mol. The first-order valence-corrected chi connectivity index (χ1v) is 16.4. The van der Waals surface area contributed by atoms with E-state index in [0.717, 1.165) is 11.9 Å². The molecule has 220 valence electrons. The summed E-state index contributed by atoms with van der Waals surface area (Å²) in [5.74, 6) is 0. The van der Waals surface area contributed by atoms with Crippen molar-refractivity contribution in [2.75, 3.05) is 0 Å². The highest BCUT2D eigenvalue weighted by Crippen LogP contribution is 2.50. The van der Waals surface area contributed by atoms with Crippen LogP contribution >= 0.6 is 0 Å². The first-order chi connectivity index (χ1) is 22.3. The molecule has 1 aliphatic carbocycles. The SMILES string of the molecule is CC1(C)OB(c2ccc3c(c2)c2ccccc2c2cc4c(cc32)Cc2c-4c3c4ccccc4ccc3c3ccccc23)OC1(C)C. The van der Waals surface area contributed by atoms with E-state index in [1.165, 1.54) is 86.9 Å². The van der Waals surface area contributed by atoms with Crippen molar-refractivity contribution in [2.24, 2.45) is 0 Å². The second-order valence-electron chi connectivity index (χ2n) is 14.3. The van der Waals surface area contributed by atoms with Gasteiger partial charge < -0.3 is 9.31 Å². The fraction of sp³-hybridized carbons (Fsp3) is 0.163. The minimum Gasteiger partial charge on any atom is -0.399 e. The van der Waals surface area contributed by atoms with Crippen LogP contribution in [0.4, 0.5) is 0 Å². The molecule has 0 aromatic heterocycles. The Morgan fingerprint density at radius 1 is 0.500 bits per heavy atom. The highest BCUT2D eigenvalue weighted by molar-refractivity contribution is 6.62. The normalized spacial score (nSPS) is 16.7. The molecule has 0 N–H and O–H groups in total. The molecule has 2 aliphatic rings. The van der Waals surface area contributed by atoms with Gasteiger partial charge in [0, 0.05) is 0 Å². The van der Waals surface area contributed by atoms with Crippen LogP contribution in [0.2, 0.25) is 0 Å². The van der Waals surface area contributed by atoms with Gasteiger partial charge in [-0.2, -0.15) is 0 Å². The second-order valence-corrected chi connectivity index (χ2v) is 14.3. The Balaban J connectivity index is 1.28. The predicted molar refractivity (Wildman–Crippen MR) is 195 cm³/mol. The minimum atomic E-state index is -0.394. The molecular formula is C43H33BO2. The maximum atomic E-state index is 6.47. The van der Waals surface area contributed by atoms with E-state index in [9.17, 15) is 0 Å². The summed E-state index contributed by atoms with van der Waals surface area (Å²) < 4.78 is 12.9. The van der Waals surface area contributed by atoms with Gasteiger partial charge in [0.15, 0.2) is 0 Å². The van der Waals surface area contributed by atoms with Gasteiger partial charge in [0.1, 0.15) is 0 Å². The van der Waals surface area contributed by atoms with Gasteiger partial charge in [0.25, 0.3) is 0 Å². The van der Waals surface area contributed by atoms with Gasteiger partial charge in [-0.05, 0) is 139 Å². The van der Waals surface area contributed by atoms with Crippen molar-refractivity contribution >= 4 is 77.2 Å². The molecule has 10 rings (SSSR count). The fourth-order valence-electron chi connectivity index (χ4n) is 8.27. The van der Waals surface area contributed by atoms with Crippen LogP contribution in [0.15, 0.2) is 115 Å². The Morgan fingerprint density at radius 2 is 1.04 bits per heavy atom. The molecule has 3 heteroatoms. The van der Waals surface area contributed by atoms with Crippen LogP contribution in [-0.4, -0.2) is 18.3 Å². The van der Waals surface area contributed by atoms with E-state index in [2.05, 4.69) is 143 Å². The van der Waals surface area contributed by atoms with Crippen molar-refractivity contribution in [3.05, 3.63) is 126 Å². The quantitative estimate of drug-likeness (QED) is 0.139. The monoisotopic (exact) mass is 592 g/mol. The summed E-state index contributed by atoms with van der Waals surface area (Å²) in [6, 6.07) is 43.1. The molecule has 1 heterocycles. The van der Waals surface area contributed by atoms with Gasteiger partial charge in [-0.1, -0.05) is 103 Å². The minimum absolute atomic E-state index is 0.382. The van der Waals surface area contributed by atoms with E-state index in [4.69, 9.17) is 9.31 Å². The third-order valence-electron chi connectivity index (χ3n) is 11.3. The summed E-state index contributed by atoms with van der Waals surface area (Å²) in [7, 11) is -0.394. The molecule has 1 fully saturated rings. The van der Waals surface area contributed by atoms with Gasteiger partial charge in [-0.3, -0.25) is 0 Å². The van der Waals surface area contributed by atoms with Gasteiger partial charge in [-0.25, -0.2) is 0 Å². The van der Waals surface area contributed by atoms with Crippen LogP contribution in [0.1, 0.15) is 38.8 Å². The highest BCUT2D eigenvalue weighted by atomic mass is 16.7. The van der Waals surface area contributed by atoms with Crippen molar-refractivity contribution in [1.82, 2.24) is 0 Å². The summed E-state index contributed by atoms with van der Waals surface area (Å²) in [6.45, 7) is 8.46. The molecule has 0 atom stereocenters. The lowest BCUT2D eigenvalue weighted by molar-refractivity contribution is 0.00578. The number of benzene rings is 8. The van der Waals surface area contributed by atoms with Crippen LogP contribution in [0.25, 0.3) is 75.8 Å². The molecule has 0 unspecified atom stereocenters. The first-order valence-electron chi connectivity index (χ1n) is 16.4. The molecular weight excluding hydrogens is 559 g/mol. The van der Waals surface area contributed by atoms with E-state index in [0.29, 0.717) is 0 Å². The van der Waals surface area contributed by atoms with Crippen LogP contribution in [-0.2, 0) is 15.7 Å². The summed E-state index contributed by atoms with van der Waals surface area (Å²) in [5, 5.41) is 15.7. The highest BCUT2D eigenvalue weighted by Gasteiger charge is 2.51. The maximum Gasteiger partial charge on any atom is 0.494 e. The zero-order chi connectivity index (χ0) is 30.9. The molecule has 0 spiro atoms. The molecule has 0 saturated carbocycles. The summed E-state index contributed by atoms with van der Waals surface area (Å²) in [5.41, 5.74) is 5.92. The Morgan fingerprint density at radius 3 is 1.76 bits per heavy atom. The van der Waals surface area contributed by atoms with Crippen LogP contribution in [0.5, 0.6) is 0 Å². The number of hydrogen-bond donors (Lipinski definition) is 0. The third kappa shape index (κ3) is 3.45. The average Bonchev–Trinajstić information content (AvgIpc) is 3.55. The van der Waals surface area contributed by atoms with E-state index in [-0.39, 0.29) is 11.2 Å². The van der Waals surface area contributed by atoms with Crippen molar-refractivity contribution in [1.29, 1.82) is 0 Å². The lowest BCUT2D eigenvalue weighted by Crippen LogP contribution is -2.41. The predicted octanol–water partition coefficient (Wildman–Crippen LogP) is 10.5. The Hall–Kier alpha value is -4.70.